The largest absolute Gasteiger partial charge is 0.496 e. The molecule has 0 amide bonds. The Hall–Kier alpha value is -2.31. The molecule has 1 fully saturated rings. The SMILES string of the molecule is COc1cc(N2CCCC[C@H]2C)c([N+](=O)[O-])cc1C(=O)O. The van der Waals surface area contributed by atoms with Gasteiger partial charge in [0.2, 0.25) is 0 Å². The number of carbonyl (C=O) groups is 1. The first kappa shape index (κ1) is 15.1. The van der Waals surface area contributed by atoms with Crippen molar-refractivity contribution in [2.75, 3.05) is 18.6 Å². The summed E-state index contributed by atoms with van der Waals surface area (Å²) in [7, 11) is 1.36. The van der Waals surface area contributed by atoms with Gasteiger partial charge in [-0.05, 0) is 26.2 Å². The summed E-state index contributed by atoms with van der Waals surface area (Å²) in [6, 6.07) is 2.72. The molecule has 0 aliphatic carbocycles. The lowest BCUT2D eigenvalue weighted by Crippen LogP contribution is -2.37. The summed E-state index contributed by atoms with van der Waals surface area (Å²) >= 11 is 0. The lowest BCUT2D eigenvalue weighted by Gasteiger charge is -2.35. The van der Waals surface area contributed by atoms with Gasteiger partial charge in [-0.15, -0.1) is 0 Å². The number of carboxylic acids is 1. The van der Waals surface area contributed by atoms with E-state index in [0.717, 1.165) is 31.9 Å². The summed E-state index contributed by atoms with van der Waals surface area (Å²) < 4.78 is 5.08. The second-order valence-corrected chi connectivity index (χ2v) is 5.14. The zero-order valence-corrected chi connectivity index (χ0v) is 12.0. The maximum Gasteiger partial charge on any atom is 0.339 e. The summed E-state index contributed by atoms with van der Waals surface area (Å²) in [5, 5.41) is 20.4. The second kappa shape index (κ2) is 5.99. The minimum absolute atomic E-state index is 0.140. The lowest BCUT2D eigenvalue weighted by molar-refractivity contribution is -0.384. The molecule has 7 heteroatoms. The fraction of sp³-hybridized carbons (Fsp3) is 0.500. The molecule has 1 N–H and O–H groups in total. The Morgan fingerprint density at radius 2 is 2.19 bits per heavy atom. The molecule has 0 radical (unpaired) electrons. The molecule has 0 unspecified atom stereocenters. The summed E-state index contributed by atoms with van der Waals surface area (Å²) in [6.45, 7) is 2.73. The van der Waals surface area contributed by atoms with Gasteiger partial charge in [0.05, 0.1) is 12.0 Å². The molecule has 1 aromatic rings. The Labute approximate surface area is 122 Å². The van der Waals surface area contributed by atoms with Crippen LogP contribution in [0.5, 0.6) is 5.75 Å². The number of nitrogens with zero attached hydrogens (tertiary/aromatic N) is 2. The summed E-state index contributed by atoms with van der Waals surface area (Å²) in [5.74, 6) is -1.10. The van der Waals surface area contributed by atoms with Gasteiger partial charge < -0.3 is 14.7 Å². The highest BCUT2D eigenvalue weighted by molar-refractivity contribution is 5.93. The Kier molecular flexibility index (Phi) is 4.30. The Morgan fingerprint density at radius 1 is 1.48 bits per heavy atom. The third-order valence-corrected chi connectivity index (χ3v) is 3.84. The first-order valence-corrected chi connectivity index (χ1v) is 6.82. The molecular formula is C14H18N2O5. The molecule has 1 saturated heterocycles. The van der Waals surface area contributed by atoms with Crippen molar-refractivity contribution in [3.8, 4) is 5.75 Å². The van der Waals surface area contributed by atoms with Crippen molar-refractivity contribution in [1.82, 2.24) is 0 Å². The van der Waals surface area contributed by atoms with Gasteiger partial charge >= 0.3 is 5.97 Å². The average Bonchev–Trinajstić information content (AvgIpc) is 2.46. The van der Waals surface area contributed by atoms with Gasteiger partial charge in [0.15, 0.2) is 0 Å². The van der Waals surface area contributed by atoms with E-state index in [1.54, 1.807) is 0 Å². The topological polar surface area (TPSA) is 92.9 Å². The number of nitro benzene ring substituents is 1. The van der Waals surface area contributed by atoms with Crippen LogP contribution in [0.3, 0.4) is 0 Å². The summed E-state index contributed by atoms with van der Waals surface area (Å²) in [4.78, 5) is 23.9. The monoisotopic (exact) mass is 294 g/mol. The predicted octanol–water partition coefficient (Wildman–Crippen LogP) is 2.68. The zero-order valence-electron chi connectivity index (χ0n) is 12.0. The first-order valence-electron chi connectivity index (χ1n) is 6.82. The van der Waals surface area contributed by atoms with Crippen molar-refractivity contribution < 1.29 is 19.6 Å². The number of nitro groups is 1. The van der Waals surface area contributed by atoms with Crippen molar-refractivity contribution in [2.24, 2.45) is 0 Å². The highest BCUT2D eigenvalue weighted by Crippen LogP contribution is 2.38. The number of piperidine rings is 1. The van der Waals surface area contributed by atoms with E-state index in [0.29, 0.717) is 5.69 Å². The van der Waals surface area contributed by atoms with Crippen LogP contribution < -0.4 is 9.64 Å². The molecule has 1 atom stereocenters. The number of hydrogen-bond acceptors (Lipinski definition) is 5. The van der Waals surface area contributed by atoms with Crippen molar-refractivity contribution in [1.29, 1.82) is 0 Å². The van der Waals surface area contributed by atoms with E-state index in [-0.39, 0.29) is 23.0 Å². The molecule has 2 rings (SSSR count). The van der Waals surface area contributed by atoms with Crippen molar-refractivity contribution >= 4 is 17.3 Å². The van der Waals surface area contributed by atoms with Crippen molar-refractivity contribution in [2.45, 2.75) is 32.2 Å². The fourth-order valence-electron chi connectivity index (χ4n) is 2.73. The van der Waals surface area contributed by atoms with Crippen LogP contribution in [0.15, 0.2) is 12.1 Å². The van der Waals surface area contributed by atoms with Crippen LogP contribution in [0.2, 0.25) is 0 Å². The van der Waals surface area contributed by atoms with Crippen molar-refractivity contribution in [3.63, 3.8) is 0 Å². The van der Waals surface area contributed by atoms with E-state index in [1.165, 1.54) is 13.2 Å². The van der Waals surface area contributed by atoms with Crippen LogP contribution in [-0.4, -0.2) is 35.7 Å². The smallest absolute Gasteiger partial charge is 0.339 e. The minimum Gasteiger partial charge on any atom is -0.496 e. The number of ether oxygens (including phenoxy) is 1. The van der Waals surface area contributed by atoms with Crippen LogP contribution in [0.25, 0.3) is 0 Å². The number of aromatic carboxylic acids is 1. The molecule has 0 aromatic heterocycles. The fourth-order valence-corrected chi connectivity index (χ4v) is 2.73. The molecule has 1 heterocycles. The number of benzene rings is 1. The third kappa shape index (κ3) is 2.91. The average molecular weight is 294 g/mol. The number of methoxy groups -OCH3 is 1. The second-order valence-electron chi connectivity index (χ2n) is 5.14. The molecule has 0 saturated carbocycles. The van der Waals surface area contributed by atoms with Crippen LogP contribution in [0.1, 0.15) is 36.5 Å². The van der Waals surface area contributed by atoms with E-state index < -0.39 is 10.9 Å². The lowest BCUT2D eigenvalue weighted by atomic mass is 10.0. The highest BCUT2D eigenvalue weighted by Gasteiger charge is 2.29. The van der Waals surface area contributed by atoms with Gasteiger partial charge in [0.1, 0.15) is 17.0 Å². The summed E-state index contributed by atoms with van der Waals surface area (Å²) in [6.07, 6.45) is 3.01. The number of anilines is 1. The zero-order chi connectivity index (χ0) is 15.6. The maximum absolute atomic E-state index is 11.3. The van der Waals surface area contributed by atoms with Crippen LogP contribution in [0, 0.1) is 10.1 Å². The van der Waals surface area contributed by atoms with E-state index in [4.69, 9.17) is 9.84 Å². The van der Waals surface area contributed by atoms with Gasteiger partial charge in [-0.3, -0.25) is 10.1 Å². The Bertz CT molecular complexity index is 573. The number of rotatable bonds is 4. The molecule has 21 heavy (non-hydrogen) atoms. The van der Waals surface area contributed by atoms with E-state index in [2.05, 4.69) is 0 Å². The predicted molar refractivity (Wildman–Crippen MR) is 77.3 cm³/mol. The summed E-state index contributed by atoms with van der Waals surface area (Å²) in [5.41, 5.74) is 0.0358. The van der Waals surface area contributed by atoms with Gasteiger partial charge in [0, 0.05) is 24.7 Å². The molecule has 114 valence electrons. The molecule has 0 spiro atoms. The Morgan fingerprint density at radius 3 is 2.71 bits per heavy atom. The molecule has 1 aliphatic heterocycles. The molecule has 0 bridgehead atoms. The number of carboxylic acid groups (broad SMARTS) is 1. The molecule has 1 aromatic carbocycles. The van der Waals surface area contributed by atoms with Crippen molar-refractivity contribution in [3.05, 3.63) is 27.8 Å². The molecule has 1 aliphatic rings. The van der Waals surface area contributed by atoms with Gasteiger partial charge in [0.25, 0.3) is 5.69 Å². The van der Waals surface area contributed by atoms with Crippen LogP contribution in [0.4, 0.5) is 11.4 Å². The first-order chi connectivity index (χ1) is 9.95. The normalized spacial score (nSPS) is 18.4. The van der Waals surface area contributed by atoms with E-state index >= 15 is 0 Å². The van der Waals surface area contributed by atoms with Gasteiger partial charge in [-0.2, -0.15) is 0 Å². The van der Waals surface area contributed by atoms with Crippen LogP contribution >= 0.6 is 0 Å². The quantitative estimate of drug-likeness (QED) is 0.678. The minimum atomic E-state index is -1.24. The standard InChI is InChI=1S/C14H18N2O5/c1-9-5-3-4-6-15(9)11-8-13(21-2)10(14(17)18)7-12(11)16(19)20/h7-9H,3-6H2,1-2H3,(H,17,18)/t9-/m1/s1. The van der Waals surface area contributed by atoms with Gasteiger partial charge in [-0.1, -0.05) is 0 Å². The van der Waals surface area contributed by atoms with E-state index in [9.17, 15) is 14.9 Å². The van der Waals surface area contributed by atoms with Gasteiger partial charge in [-0.25, -0.2) is 4.79 Å². The maximum atomic E-state index is 11.3. The third-order valence-electron chi connectivity index (χ3n) is 3.84. The Balaban J connectivity index is 2.57. The number of hydrogen-bond donors (Lipinski definition) is 1. The highest BCUT2D eigenvalue weighted by atomic mass is 16.6. The molecule has 7 nitrogen and oxygen atoms in total. The molecular weight excluding hydrogens is 276 g/mol. The van der Waals surface area contributed by atoms with Crippen LogP contribution in [-0.2, 0) is 0 Å². The van der Waals surface area contributed by atoms with E-state index in [1.807, 2.05) is 11.8 Å².